The zero-order chi connectivity index (χ0) is 60.7. The van der Waals surface area contributed by atoms with Gasteiger partial charge < -0.3 is 42.3 Å². The summed E-state index contributed by atoms with van der Waals surface area (Å²) in [4.78, 5) is 35.0. The molecule has 8 bridgehead atoms. The second kappa shape index (κ2) is 51.9. The first-order chi connectivity index (χ1) is 37.1. The monoisotopic (exact) mass is 1530 g/mol. The molecule has 0 fully saturated rings. The van der Waals surface area contributed by atoms with Gasteiger partial charge in [-0.1, -0.05) is 71.5 Å². The van der Waals surface area contributed by atoms with Crippen LogP contribution in [0.4, 0.5) is 0 Å². The number of fused-ring (bicyclic) bond motifs is 8. The van der Waals surface area contributed by atoms with E-state index in [4.69, 9.17) is 74.5 Å². The van der Waals surface area contributed by atoms with E-state index in [0.29, 0.717) is 96.9 Å². The van der Waals surface area contributed by atoms with Crippen molar-refractivity contribution in [2.24, 2.45) is 39.9 Å². The molecule has 40 heteroatoms. The van der Waals surface area contributed by atoms with Crippen molar-refractivity contribution in [3.8, 4) is 23.0 Å². The molecule has 0 saturated carbocycles. The first-order valence-corrected chi connectivity index (χ1v) is 27.7. The molecule has 6 rings (SSSR count). The van der Waals surface area contributed by atoms with Crippen molar-refractivity contribution in [3.05, 3.63) is 115 Å². The van der Waals surface area contributed by atoms with Gasteiger partial charge in [-0.25, -0.2) is 74.5 Å². The molecule has 0 unspecified atom stereocenters. The van der Waals surface area contributed by atoms with E-state index in [1.807, 2.05) is 76.2 Å². The van der Waals surface area contributed by atoms with Crippen molar-refractivity contribution in [2.75, 3.05) is 52.4 Å². The van der Waals surface area contributed by atoms with Crippen LogP contribution >= 0.6 is 0 Å². The summed E-state index contributed by atoms with van der Waals surface area (Å²) in [5.41, 5.74) is 8.57. The van der Waals surface area contributed by atoms with Crippen molar-refractivity contribution in [2.45, 2.75) is 53.4 Å². The van der Waals surface area contributed by atoms with Crippen molar-refractivity contribution < 1.29 is 236 Å². The van der Waals surface area contributed by atoms with E-state index >= 15 is 0 Å². The Labute approximate surface area is 565 Å². The van der Waals surface area contributed by atoms with Gasteiger partial charge >= 0.3 is 77.9 Å². The minimum atomic E-state index is -4.94. The number of hydrogen-bond donors (Lipinski definition) is 0. The fourth-order valence-corrected chi connectivity index (χ4v) is 6.40. The second-order valence-corrected chi connectivity index (χ2v) is 19.3. The van der Waals surface area contributed by atoms with Crippen LogP contribution in [0, 0.1) is 68.7 Å². The molecule has 2 aliphatic rings. The van der Waals surface area contributed by atoms with E-state index in [1.165, 1.54) is 0 Å². The van der Waals surface area contributed by atoms with Gasteiger partial charge in [0, 0.05) is 102 Å². The molecular formula is C48H64Cl4N8O24Zn4+4. The van der Waals surface area contributed by atoms with Gasteiger partial charge in [0.05, 0.1) is 0 Å². The van der Waals surface area contributed by atoms with Crippen LogP contribution in [0.25, 0.3) is 0 Å². The van der Waals surface area contributed by atoms with Crippen LogP contribution in [-0.2, 0) is 99.8 Å². The first-order valence-electron chi connectivity index (χ1n) is 22.8. The standard InChI is InChI=1S/2C24H28N4O2.4ClHO4.4H2O.4Zn/c2*1-17-9-19-13-25-5-3-7-27-15-21-11-18(2)12-22(24(21)30)16-28-8-4-6-26-14-20(10-17)23(19)29;4*2-1(3,4)5;;;;;;;;/h2*9-16,29-30H,3-8H2,1-2H3;4*(H,2,3,4,5);4*1H2;;;;/q;;;;;;;;;;4*+2/p-4. The molecule has 0 aliphatic carbocycles. The smallest absolute Gasteiger partial charge is 0.872 e. The Bertz CT molecular complexity index is 2290. The summed E-state index contributed by atoms with van der Waals surface area (Å²) >= 11 is 0. The van der Waals surface area contributed by atoms with E-state index in [-0.39, 0.29) is 123 Å². The van der Waals surface area contributed by atoms with Gasteiger partial charge in [0.15, 0.2) is 0 Å². The van der Waals surface area contributed by atoms with E-state index in [2.05, 4.69) is 39.9 Å². The summed E-state index contributed by atoms with van der Waals surface area (Å²) in [7, 11) is -19.8. The van der Waals surface area contributed by atoms with Crippen LogP contribution in [-0.4, -0.2) is 102 Å². The quantitative estimate of drug-likeness (QED) is 0.117. The molecule has 0 saturated heterocycles. The molecule has 0 atom stereocenters. The molecule has 0 spiro atoms. The SMILES string of the molecule is Cc1cc2c([O-])c(c1)C=NCCCN=Cc1cc(C)cc(c1[O-])C=NCCCN=C2.Cc1cc2c([O-])c(c1)C=NCCCN=Cc1cc(C)cc(c1[O-])C=NCCCN=C2.[O-][Cl+3]([O-])([O-])[O-].[O-][Cl+3]([O-])([O-])[O-].[O-][Cl+3]([O-])([O-])[O-].[O-][Cl+3]([O-])([O-])[O-].[OH3+].[OH3+].[OH3+].[OH3+].[Zn+2].[Zn+2].[Zn+2].[Zn+2]. The van der Waals surface area contributed by atoms with E-state index in [9.17, 15) is 20.4 Å². The molecule has 0 radical (unpaired) electrons. The Morgan fingerprint density at radius 2 is 0.330 bits per heavy atom. The van der Waals surface area contributed by atoms with Gasteiger partial charge in [-0.3, -0.25) is 39.9 Å². The minimum Gasteiger partial charge on any atom is -0.872 e. The van der Waals surface area contributed by atoms with E-state index in [0.717, 1.165) is 47.9 Å². The fourth-order valence-electron chi connectivity index (χ4n) is 6.40. The number of aliphatic imine (C=N–C) groups is 8. The third-order valence-electron chi connectivity index (χ3n) is 9.30. The van der Waals surface area contributed by atoms with Crippen molar-refractivity contribution in [1.29, 1.82) is 0 Å². The van der Waals surface area contributed by atoms with Crippen LogP contribution in [0.5, 0.6) is 23.0 Å². The molecule has 2 aliphatic heterocycles. The minimum absolute atomic E-state index is 0. The molecule has 0 amide bonds. The molecule has 4 aromatic carbocycles. The summed E-state index contributed by atoms with van der Waals surface area (Å²) in [6, 6.07) is 14.7. The third kappa shape index (κ3) is 54.1. The zero-order valence-electron chi connectivity index (χ0n) is 48.1. The van der Waals surface area contributed by atoms with E-state index in [1.54, 1.807) is 49.7 Å². The summed E-state index contributed by atoms with van der Waals surface area (Å²) in [6.45, 7) is 12.3. The number of halogens is 4. The molecule has 472 valence electrons. The average molecular weight is 1540 g/mol. The zero-order valence-corrected chi connectivity index (χ0v) is 63.0. The topological polar surface area (TPSA) is 692 Å². The predicted molar refractivity (Wildman–Crippen MR) is 260 cm³/mol. The molecule has 2 heterocycles. The number of aryl methyl sites for hydroxylation is 4. The molecule has 4 aromatic rings. The largest absolute Gasteiger partial charge is 2.00 e. The van der Waals surface area contributed by atoms with Crippen LogP contribution in [0.15, 0.2) is 88.5 Å². The molecule has 12 N–H and O–H groups in total. The fraction of sp³-hybridized carbons (Fsp3) is 0.333. The predicted octanol–water partition coefficient (Wildman–Crippen LogP) is -17.5. The maximum Gasteiger partial charge on any atom is 2.00 e. The Morgan fingerprint density at radius 1 is 0.239 bits per heavy atom. The van der Waals surface area contributed by atoms with Gasteiger partial charge in [-0.15, -0.1) is 41.0 Å². The number of rotatable bonds is 0. The Kier molecular flexibility index (Phi) is 59.2. The summed E-state index contributed by atoms with van der Waals surface area (Å²) in [5.74, 6) is -0.239. The Hall–Kier alpha value is -3.71. The number of benzene rings is 4. The van der Waals surface area contributed by atoms with Crippen LogP contribution in [0.2, 0.25) is 0 Å². The molecule has 0 aromatic heterocycles. The first kappa shape index (κ1) is 100. The maximum absolute atomic E-state index is 12.6. The van der Waals surface area contributed by atoms with Crippen molar-refractivity contribution in [3.63, 3.8) is 0 Å². The van der Waals surface area contributed by atoms with Gasteiger partial charge in [-0.05, 0) is 120 Å². The number of nitrogens with zero attached hydrogens (tertiary/aromatic N) is 8. The number of hydrogen-bond acceptors (Lipinski definition) is 28. The Morgan fingerprint density at radius 3 is 0.420 bits per heavy atom. The Balaban J connectivity index is -0.000000173. The second-order valence-electron chi connectivity index (χ2n) is 16.3. The van der Waals surface area contributed by atoms with Crippen LogP contribution in [0.3, 0.4) is 0 Å². The maximum atomic E-state index is 12.6. The van der Waals surface area contributed by atoms with Gasteiger partial charge in [0.2, 0.25) is 0 Å². The molecule has 88 heavy (non-hydrogen) atoms. The van der Waals surface area contributed by atoms with E-state index < -0.39 is 41.0 Å². The van der Waals surface area contributed by atoms with Gasteiger partial charge in [0.25, 0.3) is 0 Å². The normalized spacial score (nSPS) is 13.1. The average Bonchev–Trinajstić information content (AvgIpc) is 3.30. The van der Waals surface area contributed by atoms with Crippen molar-refractivity contribution in [1.82, 2.24) is 0 Å². The molecule has 32 nitrogen and oxygen atoms in total. The van der Waals surface area contributed by atoms with Crippen LogP contribution in [0.1, 0.15) is 92.4 Å². The van der Waals surface area contributed by atoms with Gasteiger partial charge in [-0.2, -0.15) is 0 Å². The summed E-state index contributed by atoms with van der Waals surface area (Å²) < 4.78 is 136. The van der Waals surface area contributed by atoms with Gasteiger partial charge in [0.1, 0.15) is 0 Å². The van der Waals surface area contributed by atoms with Crippen molar-refractivity contribution >= 4 is 49.7 Å². The summed E-state index contributed by atoms with van der Waals surface area (Å²) in [6.07, 6.45) is 16.0. The van der Waals surface area contributed by atoms with Crippen LogP contribution < -0.4 is 95.0 Å². The third-order valence-corrected chi connectivity index (χ3v) is 9.30. The summed E-state index contributed by atoms with van der Waals surface area (Å²) in [5, 5.41) is 50.4. The molecular weight excluding hydrogens is 1480 g/mol.